The van der Waals surface area contributed by atoms with Gasteiger partial charge in [0.15, 0.2) is 0 Å². The van der Waals surface area contributed by atoms with E-state index in [-0.39, 0.29) is 4.90 Å². The van der Waals surface area contributed by atoms with E-state index in [2.05, 4.69) is 15.0 Å². The van der Waals surface area contributed by atoms with Crippen LogP contribution in [0.2, 0.25) is 5.02 Å². The van der Waals surface area contributed by atoms with Gasteiger partial charge in [-0.1, -0.05) is 29.8 Å². The number of hydrogen-bond donors (Lipinski definition) is 2. The van der Waals surface area contributed by atoms with Crippen LogP contribution < -0.4 is 10.0 Å². The van der Waals surface area contributed by atoms with Gasteiger partial charge >= 0.3 is 0 Å². The van der Waals surface area contributed by atoms with Crippen molar-refractivity contribution in [2.24, 2.45) is 0 Å². The van der Waals surface area contributed by atoms with E-state index in [0.717, 1.165) is 16.8 Å². The molecule has 134 valence electrons. The van der Waals surface area contributed by atoms with E-state index >= 15 is 0 Å². The molecule has 0 aliphatic rings. The van der Waals surface area contributed by atoms with Crippen molar-refractivity contribution in [3.8, 4) is 0 Å². The van der Waals surface area contributed by atoms with E-state index in [1.165, 1.54) is 18.3 Å². The van der Waals surface area contributed by atoms with Crippen LogP contribution in [0.4, 0.5) is 17.2 Å². The fourth-order valence-electron chi connectivity index (χ4n) is 2.38. The Morgan fingerprint density at radius 1 is 1.00 bits per heavy atom. The zero-order chi connectivity index (χ0) is 18.7. The second kappa shape index (κ2) is 7.35. The predicted molar refractivity (Wildman–Crippen MR) is 106 cm³/mol. The van der Waals surface area contributed by atoms with E-state index in [9.17, 15) is 8.42 Å². The number of anilines is 3. The minimum absolute atomic E-state index is 0.0996. The number of halogens is 1. The summed E-state index contributed by atoms with van der Waals surface area (Å²) in [6.45, 7) is 4.03. The van der Waals surface area contributed by atoms with Crippen molar-refractivity contribution in [1.82, 2.24) is 4.98 Å². The number of aryl methyl sites for hydroxylation is 2. The van der Waals surface area contributed by atoms with Crippen molar-refractivity contribution < 1.29 is 8.42 Å². The number of hydrogen-bond acceptors (Lipinski definition) is 4. The molecule has 1 aromatic heterocycles. The number of nitrogens with one attached hydrogen (secondary N) is 2. The molecule has 0 atom stereocenters. The average molecular weight is 388 g/mol. The maximum absolute atomic E-state index is 12.4. The fourth-order valence-corrected chi connectivity index (χ4v) is 3.73. The van der Waals surface area contributed by atoms with Crippen molar-refractivity contribution >= 4 is 38.8 Å². The van der Waals surface area contributed by atoms with Gasteiger partial charge in [-0.05, 0) is 61.4 Å². The molecule has 0 aliphatic carbocycles. The summed E-state index contributed by atoms with van der Waals surface area (Å²) in [6, 6.07) is 15.6. The molecular formula is C19H18ClN3O2S. The van der Waals surface area contributed by atoms with Gasteiger partial charge in [0.25, 0.3) is 10.0 Å². The molecule has 2 aromatic carbocycles. The lowest BCUT2D eigenvalue weighted by atomic mass is 10.1. The number of sulfonamides is 1. The lowest BCUT2D eigenvalue weighted by molar-refractivity contribution is 0.601. The Kier molecular flexibility index (Phi) is 5.15. The topological polar surface area (TPSA) is 71.1 Å². The van der Waals surface area contributed by atoms with Crippen molar-refractivity contribution in [2.75, 3.05) is 10.0 Å². The van der Waals surface area contributed by atoms with Gasteiger partial charge < -0.3 is 5.32 Å². The molecule has 26 heavy (non-hydrogen) atoms. The van der Waals surface area contributed by atoms with Gasteiger partial charge in [-0.15, -0.1) is 0 Å². The van der Waals surface area contributed by atoms with Crippen LogP contribution in [0.15, 0.2) is 65.7 Å². The molecule has 1 heterocycles. The Morgan fingerprint density at radius 2 is 1.81 bits per heavy atom. The third-order valence-electron chi connectivity index (χ3n) is 3.78. The summed E-state index contributed by atoms with van der Waals surface area (Å²) in [6.07, 6.45) is 1.47. The minimum Gasteiger partial charge on any atom is -0.340 e. The molecule has 0 amide bonds. The molecule has 7 heteroatoms. The largest absolute Gasteiger partial charge is 0.340 e. The molecule has 2 N–H and O–H groups in total. The highest BCUT2D eigenvalue weighted by atomic mass is 35.5. The van der Waals surface area contributed by atoms with Crippen LogP contribution in [0.5, 0.6) is 0 Å². The van der Waals surface area contributed by atoms with Crippen LogP contribution in [0.25, 0.3) is 0 Å². The molecule has 5 nitrogen and oxygen atoms in total. The molecule has 0 spiro atoms. The number of nitrogens with zero attached hydrogens (tertiary/aromatic N) is 1. The van der Waals surface area contributed by atoms with E-state index in [4.69, 9.17) is 11.6 Å². The summed E-state index contributed by atoms with van der Waals surface area (Å²) < 4.78 is 27.3. The first-order valence-electron chi connectivity index (χ1n) is 7.92. The highest BCUT2D eigenvalue weighted by Crippen LogP contribution is 2.23. The number of aromatic nitrogens is 1. The summed E-state index contributed by atoms with van der Waals surface area (Å²) in [4.78, 5) is 4.38. The molecule has 0 fully saturated rings. The summed E-state index contributed by atoms with van der Waals surface area (Å²) in [5.74, 6) is 0.629. The second-order valence-electron chi connectivity index (χ2n) is 5.94. The monoisotopic (exact) mass is 387 g/mol. The molecule has 3 aromatic rings. The van der Waals surface area contributed by atoms with Crippen molar-refractivity contribution in [3.63, 3.8) is 0 Å². The first-order chi connectivity index (χ1) is 12.3. The Labute approximate surface area is 158 Å². The fraction of sp³-hybridized carbons (Fsp3) is 0.105. The first kappa shape index (κ1) is 18.2. The zero-order valence-corrected chi connectivity index (χ0v) is 15.9. The highest BCUT2D eigenvalue weighted by Gasteiger charge is 2.14. The Balaban J connectivity index is 1.76. The third kappa shape index (κ3) is 4.33. The maximum Gasteiger partial charge on any atom is 0.261 e. The first-order valence-corrected chi connectivity index (χ1v) is 9.78. The normalized spacial score (nSPS) is 11.2. The quantitative estimate of drug-likeness (QED) is 0.653. The number of benzene rings is 2. The van der Waals surface area contributed by atoms with Crippen LogP contribution in [-0.4, -0.2) is 13.4 Å². The minimum atomic E-state index is -3.71. The van der Waals surface area contributed by atoms with Gasteiger partial charge in [0.05, 0.1) is 16.8 Å². The van der Waals surface area contributed by atoms with Crippen LogP contribution in [0, 0.1) is 13.8 Å². The lowest BCUT2D eigenvalue weighted by Crippen LogP contribution is -2.13. The predicted octanol–water partition coefficient (Wildman–Crippen LogP) is 4.90. The number of rotatable bonds is 5. The van der Waals surface area contributed by atoms with Gasteiger partial charge in [0.2, 0.25) is 0 Å². The van der Waals surface area contributed by atoms with E-state index < -0.39 is 10.0 Å². The molecule has 3 rings (SSSR count). The molecule has 0 unspecified atom stereocenters. The number of pyridine rings is 1. The standard InChI is InChI=1S/C19H18ClN3O2S/c1-13-6-7-14(2)18(10-13)22-19-9-8-16(12-21-19)23-26(24,25)17-5-3-4-15(20)11-17/h3-12,23H,1-2H3,(H,21,22). The van der Waals surface area contributed by atoms with Gasteiger partial charge in [-0.2, -0.15) is 0 Å². The van der Waals surface area contributed by atoms with Crippen LogP contribution >= 0.6 is 11.6 Å². The third-order valence-corrected chi connectivity index (χ3v) is 5.39. The highest BCUT2D eigenvalue weighted by molar-refractivity contribution is 7.92. The van der Waals surface area contributed by atoms with E-state index in [1.807, 2.05) is 32.0 Å². The molecule has 0 bridgehead atoms. The summed E-state index contributed by atoms with van der Waals surface area (Å²) >= 11 is 5.86. The molecule has 0 saturated heterocycles. The molecule has 0 saturated carbocycles. The van der Waals surface area contributed by atoms with Gasteiger partial charge in [-0.3, -0.25) is 4.72 Å². The average Bonchev–Trinajstić information content (AvgIpc) is 2.60. The Bertz CT molecular complexity index is 1030. The van der Waals surface area contributed by atoms with Crippen molar-refractivity contribution in [3.05, 3.63) is 76.9 Å². The molecule has 0 aliphatic heterocycles. The van der Waals surface area contributed by atoms with Crippen molar-refractivity contribution in [1.29, 1.82) is 0 Å². The second-order valence-corrected chi connectivity index (χ2v) is 8.06. The van der Waals surface area contributed by atoms with E-state index in [0.29, 0.717) is 16.5 Å². The lowest BCUT2D eigenvalue weighted by Gasteiger charge is -2.11. The van der Waals surface area contributed by atoms with Crippen LogP contribution in [0.3, 0.4) is 0 Å². The van der Waals surface area contributed by atoms with Gasteiger partial charge in [-0.25, -0.2) is 13.4 Å². The Hall–Kier alpha value is -2.57. The van der Waals surface area contributed by atoms with E-state index in [1.54, 1.807) is 24.3 Å². The van der Waals surface area contributed by atoms with Crippen LogP contribution in [-0.2, 0) is 10.0 Å². The van der Waals surface area contributed by atoms with Gasteiger partial charge in [0.1, 0.15) is 5.82 Å². The molecule has 0 radical (unpaired) electrons. The van der Waals surface area contributed by atoms with Crippen LogP contribution in [0.1, 0.15) is 11.1 Å². The zero-order valence-electron chi connectivity index (χ0n) is 14.3. The summed E-state index contributed by atoms with van der Waals surface area (Å²) in [5, 5.41) is 3.60. The Morgan fingerprint density at radius 3 is 2.50 bits per heavy atom. The SMILES string of the molecule is Cc1ccc(C)c(Nc2ccc(NS(=O)(=O)c3cccc(Cl)c3)cn2)c1. The maximum atomic E-state index is 12.4. The van der Waals surface area contributed by atoms with Crippen molar-refractivity contribution in [2.45, 2.75) is 18.7 Å². The van der Waals surface area contributed by atoms with Gasteiger partial charge in [0, 0.05) is 10.7 Å². The summed E-state index contributed by atoms with van der Waals surface area (Å²) in [5.41, 5.74) is 3.58. The molecular weight excluding hydrogens is 370 g/mol. The smallest absolute Gasteiger partial charge is 0.261 e. The summed E-state index contributed by atoms with van der Waals surface area (Å²) in [7, 11) is -3.71.